The van der Waals surface area contributed by atoms with Crippen molar-refractivity contribution in [2.45, 2.75) is 44.2 Å². The molecule has 27 heavy (non-hydrogen) atoms. The SMILES string of the molecule is Cc1ccc(Nc2nc(COC(=O)[C@H]3CS[C@@]4(C)CCC(=O)N34)cs2)cc1. The zero-order valence-electron chi connectivity index (χ0n) is 15.2. The highest BCUT2D eigenvalue weighted by molar-refractivity contribution is 8.01. The first-order valence-electron chi connectivity index (χ1n) is 8.85. The first-order valence-corrected chi connectivity index (χ1v) is 10.7. The molecule has 6 nitrogen and oxygen atoms in total. The highest BCUT2D eigenvalue weighted by Crippen LogP contribution is 2.47. The molecule has 0 unspecified atom stereocenters. The summed E-state index contributed by atoms with van der Waals surface area (Å²) >= 11 is 3.13. The largest absolute Gasteiger partial charge is 0.458 e. The van der Waals surface area contributed by atoms with E-state index in [1.807, 2.05) is 43.5 Å². The van der Waals surface area contributed by atoms with Crippen molar-refractivity contribution in [3.8, 4) is 0 Å². The molecule has 8 heteroatoms. The lowest BCUT2D eigenvalue weighted by atomic mass is 10.2. The van der Waals surface area contributed by atoms with Gasteiger partial charge in [-0.3, -0.25) is 4.79 Å². The fraction of sp³-hybridized carbons (Fsp3) is 0.421. The van der Waals surface area contributed by atoms with Crippen molar-refractivity contribution in [3.05, 3.63) is 40.9 Å². The molecular weight excluding hydrogens is 382 g/mol. The molecule has 1 N–H and O–H groups in total. The Kier molecular flexibility index (Phi) is 4.86. The average molecular weight is 404 g/mol. The number of aromatic nitrogens is 1. The summed E-state index contributed by atoms with van der Waals surface area (Å²) in [7, 11) is 0. The van der Waals surface area contributed by atoms with E-state index in [0.29, 0.717) is 17.9 Å². The Morgan fingerprint density at radius 1 is 1.41 bits per heavy atom. The van der Waals surface area contributed by atoms with Crippen LogP contribution in [0, 0.1) is 6.92 Å². The summed E-state index contributed by atoms with van der Waals surface area (Å²) in [5.41, 5.74) is 2.86. The van der Waals surface area contributed by atoms with E-state index in [2.05, 4.69) is 10.3 Å². The summed E-state index contributed by atoms with van der Waals surface area (Å²) in [4.78, 5) is 30.6. The van der Waals surface area contributed by atoms with Crippen molar-refractivity contribution in [1.29, 1.82) is 0 Å². The van der Waals surface area contributed by atoms with Gasteiger partial charge in [-0.25, -0.2) is 9.78 Å². The third kappa shape index (κ3) is 3.68. The van der Waals surface area contributed by atoms with Gasteiger partial charge in [-0.2, -0.15) is 0 Å². The molecule has 0 bridgehead atoms. The molecule has 1 aromatic heterocycles. The summed E-state index contributed by atoms with van der Waals surface area (Å²) in [5, 5.41) is 5.87. The number of fused-ring (bicyclic) bond motifs is 1. The first-order chi connectivity index (χ1) is 12.9. The second-order valence-corrected chi connectivity index (χ2v) is 9.37. The number of thiazole rings is 1. The van der Waals surface area contributed by atoms with Gasteiger partial charge in [0.2, 0.25) is 5.91 Å². The van der Waals surface area contributed by atoms with Gasteiger partial charge in [0.05, 0.1) is 10.6 Å². The molecule has 4 rings (SSSR count). The van der Waals surface area contributed by atoms with Crippen molar-refractivity contribution in [2.24, 2.45) is 0 Å². The third-order valence-electron chi connectivity index (χ3n) is 4.93. The molecule has 0 radical (unpaired) electrons. The number of nitrogens with zero attached hydrogens (tertiary/aromatic N) is 2. The van der Waals surface area contributed by atoms with Crippen LogP contribution in [0.15, 0.2) is 29.6 Å². The van der Waals surface area contributed by atoms with Gasteiger partial charge >= 0.3 is 5.97 Å². The van der Waals surface area contributed by atoms with Gasteiger partial charge in [-0.15, -0.1) is 23.1 Å². The van der Waals surface area contributed by atoms with Gasteiger partial charge in [-0.05, 0) is 32.4 Å². The van der Waals surface area contributed by atoms with Crippen LogP contribution in [0.5, 0.6) is 0 Å². The molecule has 2 atom stereocenters. The zero-order valence-corrected chi connectivity index (χ0v) is 16.9. The van der Waals surface area contributed by atoms with Crippen LogP contribution in [0.25, 0.3) is 0 Å². The highest BCUT2D eigenvalue weighted by Gasteiger charge is 2.53. The number of carbonyl (C=O) groups excluding carboxylic acids is 2. The van der Waals surface area contributed by atoms with Crippen molar-refractivity contribution in [1.82, 2.24) is 9.88 Å². The molecule has 1 amide bonds. The molecule has 2 fully saturated rings. The molecule has 3 heterocycles. The van der Waals surface area contributed by atoms with Crippen LogP contribution >= 0.6 is 23.1 Å². The number of carbonyl (C=O) groups is 2. The Bertz CT molecular complexity index is 867. The van der Waals surface area contributed by atoms with E-state index >= 15 is 0 Å². The molecule has 0 saturated carbocycles. The van der Waals surface area contributed by atoms with E-state index in [9.17, 15) is 9.59 Å². The van der Waals surface area contributed by atoms with Crippen LogP contribution in [0.2, 0.25) is 0 Å². The Morgan fingerprint density at radius 2 is 2.19 bits per heavy atom. The highest BCUT2D eigenvalue weighted by atomic mass is 32.2. The number of thioether (sulfide) groups is 1. The predicted octanol–water partition coefficient (Wildman–Crippen LogP) is 3.69. The minimum absolute atomic E-state index is 0.0442. The zero-order chi connectivity index (χ0) is 19.0. The minimum Gasteiger partial charge on any atom is -0.458 e. The molecule has 0 aliphatic carbocycles. The molecular formula is C19H21N3O3S2. The maximum atomic E-state index is 12.5. The number of ether oxygens (including phenoxy) is 1. The fourth-order valence-corrected chi connectivity index (χ4v) is 5.56. The van der Waals surface area contributed by atoms with Crippen LogP contribution < -0.4 is 5.32 Å². The minimum atomic E-state index is -0.487. The number of rotatable bonds is 5. The Morgan fingerprint density at radius 3 is 2.96 bits per heavy atom. The average Bonchev–Trinajstić information content (AvgIpc) is 3.31. The van der Waals surface area contributed by atoms with Crippen LogP contribution in [-0.4, -0.2) is 38.4 Å². The van der Waals surface area contributed by atoms with Crippen LogP contribution in [-0.2, 0) is 20.9 Å². The quantitative estimate of drug-likeness (QED) is 0.768. The number of amides is 1. The fourth-order valence-electron chi connectivity index (χ4n) is 3.43. The van der Waals surface area contributed by atoms with Crippen LogP contribution in [0.4, 0.5) is 10.8 Å². The summed E-state index contributed by atoms with van der Waals surface area (Å²) < 4.78 is 5.46. The van der Waals surface area contributed by atoms with E-state index < -0.39 is 6.04 Å². The molecule has 0 spiro atoms. The number of hydrogen-bond acceptors (Lipinski definition) is 7. The first kappa shape index (κ1) is 18.3. The molecule has 1 aromatic carbocycles. The smallest absolute Gasteiger partial charge is 0.330 e. The van der Waals surface area contributed by atoms with Crippen molar-refractivity contribution < 1.29 is 14.3 Å². The Balaban J connectivity index is 1.34. The summed E-state index contributed by atoms with van der Waals surface area (Å²) in [6.07, 6.45) is 1.30. The Hall–Kier alpha value is -2.06. The molecule has 2 aromatic rings. The topological polar surface area (TPSA) is 71.5 Å². The number of nitrogens with one attached hydrogen (secondary N) is 1. The van der Waals surface area contributed by atoms with E-state index in [1.165, 1.54) is 16.9 Å². The predicted molar refractivity (Wildman–Crippen MR) is 107 cm³/mol. The maximum absolute atomic E-state index is 12.5. The summed E-state index contributed by atoms with van der Waals surface area (Å²) in [6.45, 7) is 4.19. The molecule has 2 aliphatic rings. The van der Waals surface area contributed by atoms with Gasteiger partial charge in [0, 0.05) is 23.2 Å². The molecule has 2 saturated heterocycles. The second kappa shape index (κ2) is 7.16. The second-order valence-electron chi connectivity index (χ2n) is 7.01. The monoisotopic (exact) mass is 403 g/mol. The molecule has 142 valence electrons. The summed E-state index contributed by atoms with van der Waals surface area (Å²) in [6, 6.07) is 7.58. The van der Waals surface area contributed by atoms with E-state index in [-0.39, 0.29) is 23.4 Å². The Labute approximate surface area is 166 Å². The number of hydrogen-bond donors (Lipinski definition) is 1. The van der Waals surface area contributed by atoms with Crippen molar-refractivity contribution >= 4 is 45.8 Å². The van der Waals surface area contributed by atoms with Gasteiger partial charge < -0.3 is 15.0 Å². The number of anilines is 2. The van der Waals surface area contributed by atoms with Crippen molar-refractivity contribution in [2.75, 3.05) is 11.1 Å². The third-order valence-corrected chi connectivity index (χ3v) is 7.25. The number of esters is 1. The standard InChI is InChI=1S/C19H21N3O3S2/c1-12-3-5-13(6-4-12)20-18-21-14(10-26-18)9-25-17(24)15-11-27-19(2)8-7-16(23)22(15)19/h3-6,10,15H,7-9,11H2,1-2H3,(H,20,21)/t15-,19+/m1/s1. The number of benzene rings is 1. The lowest BCUT2D eigenvalue weighted by molar-refractivity contribution is -0.154. The van der Waals surface area contributed by atoms with Gasteiger partial charge in [0.25, 0.3) is 0 Å². The summed E-state index contributed by atoms with van der Waals surface area (Å²) in [5.74, 6) is 0.295. The van der Waals surface area contributed by atoms with E-state index in [1.54, 1.807) is 16.7 Å². The maximum Gasteiger partial charge on any atom is 0.330 e. The lowest BCUT2D eigenvalue weighted by Crippen LogP contribution is -2.46. The van der Waals surface area contributed by atoms with Gasteiger partial charge in [0.1, 0.15) is 12.6 Å². The van der Waals surface area contributed by atoms with Crippen molar-refractivity contribution in [3.63, 3.8) is 0 Å². The van der Waals surface area contributed by atoms with Gasteiger partial charge in [-0.1, -0.05) is 17.7 Å². The van der Waals surface area contributed by atoms with Crippen LogP contribution in [0.1, 0.15) is 31.0 Å². The van der Waals surface area contributed by atoms with E-state index in [0.717, 1.165) is 17.2 Å². The number of aryl methyl sites for hydroxylation is 1. The van der Waals surface area contributed by atoms with E-state index in [4.69, 9.17) is 4.74 Å². The van der Waals surface area contributed by atoms with Crippen LogP contribution in [0.3, 0.4) is 0 Å². The molecule has 2 aliphatic heterocycles. The van der Waals surface area contributed by atoms with Gasteiger partial charge in [0.15, 0.2) is 5.13 Å². The lowest BCUT2D eigenvalue weighted by Gasteiger charge is -2.29. The normalized spacial score (nSPS) is 24.1.